The van der Waals surface area contributed by atoms with Crippen LogP contribution < -0.4 is 10.6 Å². The van der Waals surface area contributed by atoms with E-state index in [0.29, 0.717) is 17.8 Å². The van der Waals surface area contributed by atoms with E-state index in [1.54, 1.807) is 18.5 Å². The molecular weight excluding hydrogens is 285 g/mol. The molecule has 2 aromatic rings. The summed E-state index contributed by atoms with van der Waals surface area (Å²) in [6.45, 7) is 1.87. The number of aromatic nitrogens is 2. The van der Waals surface area contributed by atoms with Crippen molar-refractivity contribution in [3.05, 3.63) is 42.5 Å². The van der Waals surface area contributed by atoms with Gasteiger partial charge < -0.3 is 10.6 Å². The van der Waals surface area contributed by atoms with E-state index >= 15 is 0 Å². The van der Waals surface area contributed by atoms with Gasteiger partial charge in [-0.2, -0.15) is 10.4 Å². The number of hydrogen-bond donors (Lipinski definition) is 2. The Balaban J connectivity index is 2.17. The number of nitriles is 1. The lowest BCUT2D eigenvalue weighted by Gasteiger charge is -2.16. The first kappa shape index (κ1) is 15.5. The van der Waals surface area contributed by atoms with E-state index in [-0.39, 0.29) is 12.5 Å². The fourth-order valence-corrected chi connectivity index (χ4v) is 1.97. The molecule has 0 unspecified atom stereocenters. The molecule has 7 heteroatoms. The Morgan fingerprint density at radius 3 is 3.00 bits per heavy atom. The van der Waals surface area contributed by atoms with Crippen LogP contribution in [-0.2, 0) is 0 Å². The maximum Gasteiger partial charge on any atom is 0.319 e. The van der Waals surface area contributed by atoms with Gasteiger partial charge in [-0.25, -0.2) is 13.9 Å². The minimum absolute atomic E-state index is 0.221. The number of benzene rings is 1. The van der Waals surface area contributed by atoms with Gasteiger partial charge in [0.2, 0.25) is 0 Å². The number of hydrogen-bond acceptors (Lipinski definition) is 3. The second-order valence-electron chi connectivity index (χ2n) is 4.68. The van der Waals surface area contributed by atoms with Crippen LogP contribution in [0.4, 0.5) is 14.9 Å². The molecule has 2 rings (SSSR count). The maximum atomic E-state index is 13.4. The number of halogens is 1. The predicted octanol–water partition coefficient (Wildman–Crippen LogP) is 2.83. The van der Waals surface area contributed by atoms with E-state index in [9.17, 15) is 9.18 Å². The molecule has 0 aliphatic rings. The Hall–Kier alpha value is -2.88. The van der Waals surface area contributed by atoms with Crippen LogP contribution in [-0.4, -0.2) is 21.9 Å². The number of amides is 2. The third-order valence-electron chi connectivity index (χ3n) is 3.12. The van der Waals surface area contributed by atoms with E-state index in [0.717, 1.165) is 0 Å². The minimum atomic E-state index is -0.485. The summed E-state index contributed by atoms with van der Waals surface area (Å²) in [7, 11) is 0. The largest absolute Gasteiger partial charge is 0.334 e. The van der Waals surface area contributed by atoms with Crippen LogP contribution in [0, 0.1) is 17.1 Å². The van der Waals surface area contributed by atoms with Crippen LogP contribution in [0.2, 0.25) is 0 Å². The number of anilines is 1. The Bertz CT molecular complexity index is 678. The lowest BCUT2D eigenvalue weighted by Crippen LogP contribution is -2.37. The average molecular weight is 301 g/mol. The first-order valence-corrected chi connectivity index (χ1v) is 6.88. The summed E-state index contributed by atoms with van der Waals surface area (Å²) in [6, 6.07) is 7.07. The van der Waals surface area contributed by atoms with Gasteiger partial charge in [-0.05, 0) is 30.7 Å². The summed E-state index contributed by atoms with van der Waals surface area (Å²) in [4.78, 5) is 12.0. The number of rotatable bonds is 5. The van der Waals surface area contributed by atoms with Crippen LogP contribution in [0.3, 0.4) is 0 Å². The van der Waals surface area contributed by atoms with Crippen molar-refractivity contribution in [2.24, 2.45) is 0 Å². The van der Waals surface area contributed by atoms with Gasteiger partial charge in [0.15, 0.2) is 0 Å². The van der Waals surface area contributed by atoms with Crippen molar-refractivity contribution >= 4 is 11.7 Å². The summed E-state index contributed by atoms with van der Waals surface area (Å²) >= 11 is 0. The molecule has 0 aliphatic heterocycles. The van der Waals surface area contributed by atoms with Gasteiger partial charge >= 0.3 is 6.03 Å². The van der Waals surface area contributed by atoms with Crippen molar-refractivity contribution in [1.82, 2.24) is 15.1 Å². The zero-order valence-corrected chi connectivity index (χ0v) is 12.1. The highest BCUT2D eigenvalue weighted by atomic mass is 19.1. The first-order valence-electron chi connectivity index (χ1n) is 6.88. The van der Waals surface area contributed by atoms with Gasteiger partial charge in [-0.3, -0.25) is 0 Å². The molecular formula is C15H16FN5O. The van der Waals surface area contributed by atoms with E-state index in [4.69, 9.17) is 5.26 Å². The monoisotopic (exact) mass is 301 g/mol. The number of carbonyl (C=O) groups is 1. The number of urea groups is 1. The molecule has 0 bridgehead atoms. The second kappa shape index (κ2) is 7.22. The molecule has 0 saturated carbocycles. The summed E-state index contributed by atoms with van der Waals surface area (Å²) in [6.07, 6.45) is 4.14. The van der Waals surface area contributed by atoms with Crippen molar-refractivity contribution in [2.75, 3.05) is 5.32 Å². The molecule has 114 valence electrons. The molecule has 2 amide bonds. The van der Waals surface area contributed by atoms with Gasteiger partial charge in [-0.1, -0.05) is 6.92 Å². The van der Waals surface area contributed by atoms with Gasteiger partial charge in [0.1, 0.15) is 5.82 Å². The van der Waals surface area contributed by atoms with Crippen LogP contribution in [0.5, 0.6) is 0 Å². The number of nitrogens with one attached hydrogen (secondary N) is 2. The number of carbonyl (C=O) groups excluding carboxylic acids is 1. The first-order chi connectivity index (χ1) is 10.6. The smallest absolute Gasteiger partial charge is 0.319 e. The van der Waals surface area contributed by atoms with Crippen molar-refractivity contribution in [3.8, 4) is 11.8 Å². The van der Waals surface area contributed by atoms with Crippen LogP contribution in [0.1, 0.15) is 19.8 Å². The lowest BCUT2D eigenvalue weighted by atomic mass is 10.2. The second-order valence-corrected chi connectivity index (χ2v) is 4.68. The highest BCUT2D eigenvalue weighted by Crippen LogP contribution is 2.20. The van der Waals surface area contributed by atoms with Crippen molar-refractivity contribution in [1.29, 1.82) is 5.26 Å². The topological polar surface area (TPSA) is 82.7 Å². The lowest BCUT2D eigenvalue weighted by molar-refractivity contribution is 0.248. The van der Waals surface area contributed by atoms with Gasteiger partial charge in [0.05, 0.1) is 23.9 Å². The minimum Gasteiger partial charge on any atom is -0.334 e. The Labute approximate surface area is 127 Å². The molecule has 1 aromatic heterocycles. The maximum absolute atomic E-state index is 13.4. The molecule has 22 heavy (non-hydrogen) atoms. The standard InChI is InChI=1S/C15H16FN5O/c1-2-12(6-7-17)19-15(22)20-13-10-11(16)4-5-14(13)21-9-3-8-18-21/h3-5,8-10,12H,2,6H2,1H3,(H2,19,20,22)/t12-/m0/s1. The highest BCUT2D eigenvalue weighted by molar-refractivity contribution is 5.91. The molecule has 6 nitrogen and oxygen atoms in total. The zero-order chi connectivity index (χ0) is 15.9. The summed E-state index contributed by atoms with van der Waals surface area (Å²) in [5.74, 6) is -0.463. The fourth-order valence-electron chi connectivity index (χ4n) is 1.97. The molecule has 1 heterocycles. The number of nitrogens with zero attached hydrogens (tertiary/aromatic N) is 3. The highest BCUT2D eigenvalue weighted by Gasteiger charge is 2.13. The predicted molar refractivity (Wildman–Crippen MR) is 80.0 cm³/mol. The van der Waals surface area contributed by atoms with Crippen molar-refractivity contribution in [2.45, 2.75) is 25.8 Å². The summed E-state index contributed by atoms with van der Waals surface area (Å²) in [5.41, 5.74) is 0.850. The molecule has 1 atom stereocenters. The van der Waals surface area contributed by atoms with E-state index in [2.05, 4.69) is 15.7 Å². The van der Waals surface area contributed by atoms with Crippen molar-refractivity contribution in [3.63, 3.8) is 0 Å². The molecule has 0 saturated heterocycles. The molecule has 0 fully saturated rings. The quantitative estimate of drug-likeness (QED) is 0.890. The zero-order valence-electron chi connectivity index (χ0n) is 12.1. The van der Waals surface area contributed by atoms with Gasteiger partial charge in [0, 0.05) is 18.4 Å². The molecule has 2 N–H and O–H groups in total. The third kappa shape index (κ3) is 3.82. The normalized spacial score (nSPS) is 11.5. The third-order valence-corrected chi connectivity index (χ3v) is 3.12. The molecule has 0 aliphatic carbocycles. The van der Waals surface area contributed by atoms with E-state index in [1.165, 1.54) is 22.9 Å². The Morgan fingerprint density at radius 2 is 2.36 bits per heavy atom. The van der Waals surface area contributed by atoms with E-state index < -0.39 is 11.8 Å². The molecule has 0 spiro atoms. The Kier molecular flexibility index (Phi) is 5.09. The molecule has 1 aromatic carbocycles. The van der Waals surface area contributed by atoms with Crippen LogP contribution in [0.25, 0.3) is 5.69 Å². The van der Waals surface area contributed by atoms with Crippen LogP contribution >= 0.6 is 0 Å². The fraction of sp³-hybridized carbons (Fsp3) is 0.267. The summed E-state index contributed by atoms with van der Waals surface area (Å²) < 4.78 is 15.0. The van der Waals surface area contributed by atoms with Gasteiger partial charge in [-0.15, -0.1) is 0 Å². The summed E-state index contributed by atoms with van der Waals surface area (Å²) in [5, 5.41) is 18.0. The van der Waals surface area contributed by atoms with E-state index in [1.807, 2.05) is 13.0 Å². The average Bonchev–Trinajstić information content (AvgIpc) is 3.01. The van der Waals surface area contributed by atoms with Crippen molar-refractivity contribution < 1.29 is 9.18 Å². The van der Waals surface area contributed by atoms with Gasteiger partial charge in [0.25, 0.3) is 0 Å². The SMILES string of the molecule is CC[C@@H](CC#N)NC(=O)Nc1cc(F)ccc1-n1cccn1. The molecule has 0 radical (unpaired) electrons. The Morgan fingerprint density at radius 1 is 1.55 bits per heavy atom. The van der Waals surface area contributed by atoms with Crippen LogP contribution in [0.15, 0.2) is 36.7 Å².